The van der Waals surface area contributed by atoms with Crippen molar-refractivity contribution in [2.45, 2.75) is 100 Å². The normalized spacial score (nSPS) is 13.7. The largest absolute Gasteiger partial charge is 0.501 e. The smallest absolute Gasteiger partial charge is 0.121 e. The number of benzene rings is 6. The Kier molecular flexibility index (Phi) is 12.0. The van der Waals surface area contributed by atoms with Gasteiger partial charge in [0.2, 0.25) is 0 Å². The van der Waals surface area contributed by atoms with Crippen molar-refractivity contribution >= 4 is 46.2 Å². The molecule has 65 heavy (non-hydrogen) atoms. The first-order chi connectivity index (χ1) is 31.8. The van der Waals surface area contributed by atoms with E-state index in [-0.39, 0.29) is 25.5 Å². The molecule has 3 aromatic heterocycles. The summed E-state index contributed by atoms with van der Waals surface area (Å²) in [5, 5.41) is 2.99. The van der Waals surface area contributed by atoms with Gasteiger partial charge in [-0.25, -0.2) is 0 Å². The van der Waals surface area contributed by atoms with Crippen molar-refractivity contribution in [1.82, 2.24) is 14.5 Å². The van der Waals surface area contributed by atoms with E-state index >= 15 is 0 Å². The van der Waals surface area contributed by atoms with Crippen LogP contribution in [0.25, 0.3) is 72.4 Å². The van der Waals surface area contributed by atoms with E-state index in [0.29, 0.717) is 16.7 Å². The molecule has 3 heterocycles. The van der Waals surface area contributed by atoms with Crippen LogP contribution in [0.3, 0.4) is 0 Å². The maximum absolute atomic E-state index is 8.84. The summed E-state index contributed by atoms with van der Waals surface area (Å²) in [5.74, 6) is 0.742. The molecule has 0 saturated heterocycles. The number of hydrogen-bond donors (Lipinski definition) is 0. The summed E-state index contributed by atoms with van der Waals surface area (Å²) in [6.07, 6.45) is -1.06. The molecule has 0 aliphatic heterocycles. The van der Waals surface area contributed by atoms with Gasteiger partial charge in [-0.1, -0.05) is 165 Å². The summed E-state index contributed by atoms with van der Waals surface area (Å²) in [4.78, 5) is 9.79. The average molecular weight is 1050 g/mol. The molecule has 0 amide bonds. The second-order valence-corrected chi connectivity index (χ2v) is 25.9. The standard InChI is InChI=1S/C40H37N2O.C19H26NSi.Ir/c1-39(2,3)25-26-19-21-29-30-15-12-16-31(37(30)43-36(29)23-26)38-41-33-17-10-11-18-35(33)42(38)34-22-20-28(40(4,5)6)24-32(34)27-13-8-7-9-14-27;1-19(2,3)13-16-12-17(15-10-8-7-9-11-15)20-14-18(16)21(4,5)6;/h7-15,17-24H,25H2,1-6H3;7-10,12,14H,13H2,1-6H3;/q2*-1;/i25D2;13D2;. The molecule has 6 heteroatoms. The molecular formula is C59H63IrN3OSi-2. The third-order valence-electron chi connectivity index (χ3n) is 11.1. The molecule has 0 bridgehead atoms. The first kappa shape index (κ1) is 42.3. The number of hydrogen-bond acceptors (Lipinski definition) is 3. The Balaban J connectivity index is 0.000000248. The van der Waals surface area contributed by atoms with E-state index in [1.807, 2.05) is 133 Å². The Bertz CT molecular complexity index is 3280. The van der Waals surface area contributed by atoms with Crippen LogP contribution in [0, 0.1) is 23.0 Å². The van der Waals surface area contributed by atoms with Crippen LogP contribution in [-0.4, -0.2) is 22.6 Å². The monoisotopic (exact) mass is 1050 g/mol. The Morgan fingerprint density at radius 3 is 2.08 bits per heavy atom. The van der Waals surface area contributed by atoms with Crippen LogP contribution in [0.5, 0.6) is 0 Å². The Hall–Kier alpha value is -5.39. The van der Waals surface area contributed by atoms with E-state index in [0.717, 1.165) is 72.0 Å². The molecule has 335 valence electrons. The number of nitrogens with zero attached hydrogens (tertiary/aromatic N) is 3. The number of rotatable bonds is 7. The van der Waals surface area contributed by atoms with E-state index in [9.17, 15) is 0 Å². The molecule has 0 spiro atoms. The van der Waals surface area contributed by atoms with Crippen molar-refractivity contribution in [2.75, 3.05) is 0 Å². The van der Waals surface area contributed by atoms with Crippen LogP contribution in [0.1, 0.15) is 84.5 Å². The van der Waals surface area contributed by atoms with E-state index in [1.54, 1.807) is 0 Å². The maximum Gasteiger partial charge on any atom is 0.121 e. The van der Waals surface area contributed by atoms with Crippen LogP contribution < -0.4 is 5.19 Å². The molecule has 0 aliphatic carbocycles. The fraction of sp³-hybridized carbons (Fsp3) is 0.288. The Morgan fingerprint density at radius 2 is 1.40 bits per heavy atom. The molecule has 6 aromatic carbocycles. The first-order valence-electron chi connectivity index (χ1n) is 24.3. The van der Waals surface area contributed by atoms with Gasteiger partial charge in [-0.2, -0.15) is 0 Å². The van der Waals surface area contributed by atoms with Crippen molar-refractivity contribution in [1.29, 1.82) is 0 Å². The summed E-state index contributed by atoms with van der Waals surface area (Å²) < 4.78 is 44.0. The van der Waals surface area contributed by atoms with E-state index in [1.165, 1.54) is 5.56 Å². The third kappa shape index (κ3) is 10.7. The van der Waals surface area contributed by atoms with Crippen molar-refractivity contribution < 1.29 is 30.0 Å². The fourth-order valence-electron chi connectivity index (χ4n) is 8.16. The minimum absolute atomic E-state index is 0. The zero-order valence-corrected chi connectivity index (χ0v) is 43.3. The summed E-state index contributed by atoms with van der Waals surface area (Å²) in [6.45, 7) is 25.1. The molecule has 0 N–H and O–H groups in total. The summed E-state index contributed by atoms with van der Waals surface area (Å²) in [5.41, 5.74) is 10.5. The van der Waals surface area contributed by atoms with Gasteiger partial charge >= 0.3 is 0 Å². The number of para-hydroxylation sites is 2. The zero-order chi connectivity index (χ0) is 49.2. The molecule has 0 aliphatic rings. The second kappa shape index (κ2) is 18.5. The van der Waals surface area contributed by atoms with Gasteiger partial charge in [0.25, 0.3) is 0 Å². The van der Waals surface area contributed by atoms with Gasteiger partial charge < -0.3 is 14.0 Å². The van der Waals surface area contributed by atoms with Crippen molar-refractivity contribution in [3.63, 3.8) is 0 Å². The number of imidazole rings is 1. The summed E-state index contributed by atoms with van der Waals surface area (Å²) in [6, 6.07) is 51.4. The van der Waals surface area contributed by atoms with Gasteiger partial charge in [0.1, 0.15) is 5.58 Å². The molecule has 9 aromatic rings. The minimum Gasteiger partial charge on any atom is -0.501 e. The van der Waals surface area contributed by atoms with Gasteiger partial charge in [0.15, 0.2) is 0 Å². The maximum atomic E-state index is 8.84. The molecule has 0 unspecified atom stereocenters. The molecule has 1 radical (unpaired) electrons. The molecular weight excluding hydrogens is 987 g/mol. The predicted molar refractivity (Wildman–Crippen MR) is 275 cm³/mol. The fourth-order valence-corrected chi connectivity index (χ4v) is 9.56. The Morgan fingerprint density at radius 1 is 0.692 bits per heavy atom. The summed E-state index contributed by atoms with van der Waals surface area (Å²) in [7, 11) is -1.70. The molecule has 0 atom stereocenters. The van der Waals surface area contributed by atoms with Gasteiger partial charge in [-0.15, -0.1) is 54.1 Å². The quantitative estimate of drug-likeness (QED) is 0.118. The van der Waals surface area contributed by atoms with Crippen LogP contribution in [0.4, 0.5) is 0 Å². The molecule has 4 nitrogen and oxygen atoms in total. The van der Waals surface area contributed by atoms with Gasteiger partial charge in [0.05, 0.1) is 30.5 Å². The topological polar surface area (TPSA) is 43.9 Å². The SMILES string of the molecule is [2H]C([2H])(c1cc(-c2[c-]cccc2)ncc1[Si](C)(C)C)C(C)(C)C.[2H]C([2H])(c1ccc2c(c1)oc1c(-c3nc4ccccc4n3-c3ccc(C(C)(C)C)cc3-c3ccccc3)[c-]ccc12)C(C)(C)C.[Ir]. The van der Waals surface area contributed by atoms with Crippen molar-refractivity contribution in [2.24, 2.45) is 10.8 Å². The third-order valence-corrected chi connectivity index (χ3v) is 13.1. The van der Waals surface area contributed by atoms with Crippen molar-refractivity contribution in [3.05, 3.63) is 168 Å². The van der Waals surface area contributed by atoms with Gasteiger partial charge in [-0.3, -0.25) is 4.98 Å². The van der Waals surface area contributed by atoms with E-state index in [2.05, 4.69) is 111 Å². The summed E-state index contributed by atoms with van der Waals surface area (Å²) >= 11 is 0. The number of pyridine rings is 1. The first-order valence-corrected chi connectivity index (χ1v) is 25.8. The zero-order valence-electron chi connectivity index (χ0n) is 43.9. The van der Waals surface area contributed by atoms with Crippen molar-refractivity contribution in [3.8, 4) is 39.5 Å². The molecule has 0 saturated carbocycles. The minimum atomic E-state index is -1.70. The molecule has 0 fully saturated rings. The number of furan rings is 1. The van der Waals surface area contributed by atoms with Crippen LogP contribution in [0.15, 0.2) is 144 Å². The van der Waals surface area contributed by atoms with Crippen LogP contribution in [0.2, 0.25) is 19.6 Å². The predicted octanol–water partition coefficient (Wildman–Crippen LogP) is 15.6. The molecule has 9 rings (SSSR count). The van der Waals surface area contributed by atoms with Gasteiger partial charge in [0, 0.05) is 48.4 Å². The van der Waals surface area contributed by atoms with E-state index in [4.69, 9.17) is 14.9 Å². The van der Waals surface area contributed by atoms with Crippen LogP contribution in [-0.2, 0) is 38.3 Å². The van der Waals surface area contributed by atoms with Crippen LogP contribution >= 0.6 is 0 Å². The number of fused-ring (bicyclic) bond motifs is 4. The number of aromatic nitrogens is 3. The van der Waals surface area contributed by atoms with Gasteiger partial charge in [-0.05, 0) is 86.9 Å². The second-order valence-electron chi connectivity index (χ2n) is 20.9. The average Bonchev–Trinajstić information content (AvgIpc) is 3.86. The Labute approximate surface area is 407 Å². The van der Waals surface area contributed by atoms with E-state index < -0.39 is 31.6 Å².